The van der Waals surface area contributed by atoms with Gasteiger partial charge in [0.2, 0.25) is 5.91 Å². The van der Waals surface area contributed by atoms with Crippen molar-refractivity contribution in [2.75, 3.05) is 62.8 Å². The zero-order valence-corrected chi connectivity index (χ0v) is 18.1. The van der Waals surface area contributed by atoms with Crippen molar-refractivity contribution >= 4 is 38.3 Å². The Morgan fingerprint density at radius 1 is 0.968 bits per heavy atom. The molecular formula is C23H26N4O3S. The van der Waals surface area contributed by atoms with E-state index in [0.29, 0.717) is 26.3 Å². The number of amides is 1. The highest BCUT2D eigenvalue weighted by molar-refractivity contribution is 7.22. The third kappa shape index (κ3) is 4.51. The molecule has 7 nitrogen and oxygen atoms in total. The number of carbonyl (C=O) groups is 1. The van der Waals surface area contributed by atoms with Gasteiger partial charge in [-0.15, -0.1) is 0 Å². The molecule has 2 saturated heterocycles. The van der Waals surface area contributed by atoms with E-state index in [1.807, 2.05) is 47.4 Å². The minimum atomic E-state index is -0.441. The van der Waals surface area contributed by atoms with E-state index in [-0.39, 0.29) is 5.91 Å². The van der Waals surface area contributed by atoms with Crippen LogP contribution in [0, 0.1) is 0 Å². The average Bonchev–Trinajstić information content (AvgIpc) is 3.27. The predicted octanol–water partition coefficient (Wildman–Crippen LogP) is 3.14. The maximum atomic E-state index is 13.4. The van der Waals surface area contributed by atoms with Gasteiger partial charge in [0.05, 0.1) is 36.6 Å². The van der Waals surface area contributed by atoms with Crippen LogP contribution in [0.2, 0.25) is 0 Å². The summed E-state index contributed by atoms with van der Waals surface area (Å²) in [6.45, 7) is 5.65. The highest BCUT2D eigenvalue weighted by Crippen LogP contribution is 2.32. The zero-order valence-electron chi connectivity index (χ0n) is 17.3. The molecule has 5 rings (SSSR count). The Morgan fingerprint density at radius 2 is 1.68 bits per heavy atom. The Labute approximate surface area is 185 Å². The summed E-state index contributed by atoms with van der Waals surface area (Å²) in [7, 11) is 0. The molecule has 0 aliphatic carbocycles. The van der Waals surface area contributed by atoms with Gasteiger partial charge in [0.25, 0.3) is 0 Å². The number of thiazole rings is 1. The molecule has 31 heavy (non-hydrogen) atoms. The van der Waals surface area contributed by atoms with E-state index in [0.717, 1.165) is 52.9 Å². The lowest BCUT2D eigenvalue weighted by molar-refractivity contribution is -0.136. The second kappa shape index (κ2) is 9.21. The van der Waals surface area contributed by atoms with Crippen LogP contribution in [0.1, 0.15) is 11.6 Å². The number of ether oxygens (including phenoxy) is 2. The molecule has 3 heterocycles. The fourth-order valence-electron chi connectivity index (χ4n) is 3.96. The van der Waals surface area contributed by atoms with E-state index < -0.39 is 6.04 Å². The number of nitrogens with one attached hydrogen (secondary N) is 1. The molecule has 2 fully saturated rings. The average molecular weight is 439 g/mol. The molecule has 2 aliphatic heterocycles. The van der Waals surface area contributed by atoms with Gasteiger partial charge < -0.3 is 24.6 Å². The Balaban J connectivity index is 1.40. The molecule has 1 N–H and O–H groups in total. The molecule has 2 aliphatic rings. The minimum absolute atomic E-state index is 0.0768. The van der Waals surface area contributed by atoms with Crippen molar-refractivity contribution in [2.24, 2.45) is 0 Å². The summed E-state index contributed by atoms with van der Waals surface area (Å²) in [5.74, 6) is 0.0768. The Bertz CT molecular complexity index is 1030. The zero-order chi connectivity index (χ0) is 21.0. The van der Waals surface area contributed by atoms with Crippen LogP contribution in [-0.2, 0) is 14.3 Å². The van der Waals surface area contributed by atoms with Crippen molar-refractivity contribution in [1.82, 2.24) is 9.88 Å². The van der Waals surface area contributed by atoms with Gasteiger partial charge in [-0.1, -0.05) is 41.7 Å². The molecule has 2 aromatic carbocycles. The number of benzene rings is 2. The van der Waals surface area contributed by atoms with Gasteiger partial charge in [0.1, 0.15) is 6.04 Å². The first kappa shape index (κ1) is 20.2. The smallest absolute Gasteiger partial charge is 0.249 e. The number of anilines is 2. The van der Waals surface area contributed by atoms with Crippen LogP contribution < -0.4 is 10.2 Å². The number of morpholine rings is 2. The molecule has 1 atom stereocenters. The monoisotopic (exact) mass is 438 g/mol. The topological polar surface area (TPSA) is 66.9 Å². The molecule has 0 radical (unpaired) electrons. The van der Waals surface area contributed by atoms with Crippen LogP contribution in [0.3, 0.4) is 0 Å². The van der Waals surface area contributed by atoms with Crippen molar-refractivity contribution < 1.29 is 14.3 Å². The summed E-state index contributed by atoms with van der Waals surface area (Å²) in [5, 5.41) is 4.51. The fraction of sp³-hybridized carbons (Fsp3) is 0.391. The number of carbonyl (C=O) groups excluding carboxylic acids is 1. The lowest BCUT2D eigenvalue weighted by Gasteiger charge is -2.31. The molecule has 0 spiro atoms. The summed E-state index contributed by atoms with van der Waals surface area (Å²) in [4.78, 5) is 22.3. The molecule has 3 aromatic rings. The van der Waals surface area contributed by atoms with Crippen LogP contribution in [0.15, 0.2) is 48.5 Å². The van der Waals surface area contributed by atoms with Gasteiger partial charge in [-0.2, -0.15) is 0 Å². The predicted molar refractivity (Wildman–Crippen MR) is 123 cm³/mol. The largest absolute Gasteiger partial charge is 0.378 e. The maximum absolute atomic E-state index is 13.4. The van der Waals surface area contributed by atoms with E-state index >= 15 is 0 Å². The van der Waals surface area contributed by atoms with E-state index in [2.05, 4.69) is 16.3 Å². The van der Waals surface area contributed by atoms with Crippen LogP contribution in [-0.4, -0.2) is 68.4 Å². The van der Waals surface area contributed by atoms with Crippen molar-refractivity contribution in [2.45, 2.75) is 6.04 Å². The van der Waals surface area contributed by atoms with Gasteiger partial charge in [0.15, 0.2) is 5.13 Å². The molecule has 0 bridgehead atoms. The van der Waals surface area contributed by atoms with Gasteiger partial charge in [0, 0.05) is 31.9 Å². The number of aromatic nitrogens is 1. The van der Waals surface area contributed by atoms with Crippen LogP contribution in [0.25, 0.3) is 10.2 Å². The lowest BCUT2D eigenvalue weighted by Crippen LogP contribution is -2.44. The minimum Gasteiger partial charge on any atom is -0.378 e. The number of rotatable bonds is 5. The molecule has 0 unspecified atom stereocenters. The third-order valence-corrected chi connectivity index (χ3v) is 6.75. The van der Waals surface area contributed by atoms with Crippen molar-refractivity contribution in [3.05, 3.63) is 54.1 Å². The first-order valence-electron chi connectivity index (χ1n) is 10.7. The number of nitrogens with zero attached hydrogens (tertiary/aromatic N) is 3. The maximum Gasteiger partial charge on any atom is 0.249 e. The normalized spacial score (nSPS) is 18.2. The quantitative estimate of drug-likeness (QED) is 0.660. The molecule has 1 aromatic heterocycles. The Kier molecular flexibility index (Phi) is 6.01. The van der Waals surface area contributed by atoms with Crippen LogP contribution in [0.5, 0.6) is 0 Å². The second-order valence-electron chi connectivity index (χ2n) is 7.70. The SMILES string of the molecule is O=C([C@H](Nc1ccc2nc(N3CCOCC3)sc2c1)c1ccccc1)N1CCOCC1. The summed E-state index contributed by atoms with van der Waals surface area (Å²) in [6, 6.07) is 15.6. The van der Waals surface area contributed by atoms with Gasteiger partial charge >= 0.3 is 0 Å². The van der Waals surface area contributed by atoms with E-state index in [1.165, 1.54) is 0 Å². The van der Waals surface area contributed by atoms with Crippen molar-refractivity contribution in [1.29, 1.82) is 0 Å². The molecular weight excluding hydrogens is 412 g/mol. The first-order valence-corrected chi connectivity index (χ1v) is 11.5. The number of hydrogen-bond acceptors (Lipinski definition) is 7. The summed E-state index contributed by atoms with van der Waals surface area (Å²) in [5.41, 5.74) is 2.85. The van der Waals surface area contributed by atoms with Crippen molar-refractivity contribution in [3.8, 4) is 0 Å². The third-order valence-electron chi connectivity index (χ3n) is 5.67. The highest BCUT2D eigenvalue weighted by atomic mass is 32.1. The Morgan fingerprint density at radius 3 is 2.42 bits per heavy atom. The summed E-state index contributed by atoms with van der Waals surface area (Å²) in [6.07, 6.45) is 0. The van der Waals surface area contributed by atoms with Gasteiger partial charge in [-0.25, -0.2) is 4.98 Å². The fourth-order valence-corrected chi connectivity index (χ4v) is 5.01. The number of hydrogen-bond donors (Lipinski definition) is 1. The van der Waals surface area contributed by atoms with E-state index in [9.17, 15) is 4.79 Å². The lowest BCUT2D eigenvalue weighted by atomic mass is 10.0. The molecule has 1 amide bonds. The van der Waals surface area contributed by atoms with E-state index in [4.69, 9.17) is 14.5 Å². The second-order valence-corrected chi connectivity index (χ2v) is 8.71. The first-order chi connectivity index (χ1) is 15.3. The number of fused-ring (bicyclic) bond motifs is 1. The molecule has 8 heteroatoms. The summed E-state index contributed by atoms with van der Waals surface area (Å²) < 4.78 is 12.0. The highest BCUT2D eigenvalue weighted by Gasteiger charge is 2.27. The molecule has 162 valence electrons. The van der Waals surface area contributed by atoms with Crippen LogP contribution in [0.4, 0.5) is 10.8 Å². The molecule has 0 saturated carbocycles. The van der Waals surface area contributed by atoms with Gasteiger partial charge in [-0.05, 0) is 23.8 Å². The Hall–Kier alpha value is -2.68. The van der Waals surface area contributed by atoms with Crippen LogP contribution >= 0.6 is 11.3 Å². The van der Waals surface area contributed by atoms with Gasteiger partial charge in [-0.3, -0.25) is 4.79 Å². The summed E-state index contributed by atoms with van der Waals surface area (Å²) >= 11 is 1.68. The van der Waals surface area contributed by atoms with E-state index in [1.54, 1.807) is 11.3 Å². The standard InChI is InChI=1S/C23H26N4O3S/c28-22(26-8-12-29-13-9-26)21(17-4-2-1-3-5-17)24-18-6-7-19-20(16-18)31-23(25-19)27-10-14-30-15-11-27/h1-7,16,21,24H,8-15H2/t21-/m1/s1. The van der Waals surface area contributed by atoms with Crippen molar-refractivity contribution in [3.63, 3.8) is 0 Å².